The highest BCUT2D eigenvalue weighted by Crippen LogP contribution is 2.35. The van der Waals surface area contributed by atoms with Crippen molar-refractivity contribution >= 4 is 17.9 Å². The molecular formula is C30H41N5O3. The van der Waals surface area contributed by atoms with E-state index in [-0.39, 0.29) is 18.0 Å². The van der Waals surface area contributed by atoms with E-state index in [2.05, 4.69) is 55.8 Å². The second-order valence-electron chi connectivity index (χ2n) is 10.6. The number of rotatable bonds is 6. The number of hydrogen-bond acceptors (Lipinski definition) is 7. The lowest BCUT2D eigenvalue weighted by Crippen LogP contribution is -2.58. The number of aryl methyl sites for hydroxylation is 1. The van der Waals surface area contributed by atoms with E-state index in [4.69, 9.17) is 19.5 Å². The summed E-state index contributed by atoms with van der Waals surface area (Å²) in [7, 11) is 1.66. The summed E-state index contributed by atoms with van der Waals surface area (Å²) in [6.45, 7) is 12.3. The van der Waals surface area contributed by atoms with Gasteiger partial charge >= 0.3 is 0 Å². The van der Waals surface area contributed by atoms with Crippen molar-refractivity contribution < 1.29 is 14.3 Å². The number of allylic oxidation sites excluding steroid dienone is 3. The van der Waals surface area contributed by atoms with Gasteiger partial charge < -0.3 is 20.1 Å². The molecule has 0 saturated heterocycles. The van der Waals surface area contributed by atoms with Crippen molar-refractivity contribution in [3.8, 4) is 0 Å². The van der Waals surface area contributed by atoms with E-state index in [1.807, 2.05) is 56.4 Å². The fourth-order valence-electron chi connectivity index (χ4n) is 5.18. The fourth-order valence-corrected chi connectivity index (χ4v) is 5.18. The van der Waals surface area contributed by atoms with Crippen LogP contribution in [0.25, 0.3) is 0 Å². The van der Waals surface area contributed by atoms with Gasteiger partial charge in [-0.25, -0.2) is 9.98 Å². The van der Waals surface area contributed by atoms with Crippen molar-refractivity contribution in [2.45, 2.75) is 83.6 Å². The highest BCUT2D eigenvalue weighted by molar-refractivity contribution is 5.99. The Bertz CT molecular complexity index is 1200. The van der Waals surface area contributed by atoms with E-state index < -0.39 is 23.1 Å². The Hall–Kier alpha value is -3.39. The Kier molecular flexibility index (Phi) is 8.11. The Labute approximate surface area is 226 Å². The van der Waals surface area contributed by atoms with Crippen LogP contribution in [0.3, 0.4) is 0 Å². The standard InChI is InChI=1S/C30H41N5O3/c1-8-14-23-29(5,9-2)35-28(38-23)34-27-31-20(4)24(25(33-27)21-16-11-10-15-19(21)3)26(36)32-22-17-12-13-18-30(22,6)37-7/h10-18,20,22,24-25H,8-9H2,1-7H3,(H,32,36)(H2,31,33,34,35). The Balaban J connectivity index is 1.64. The molecule has 1 aliphatic carbocycles. The van der Waals surface area contributed by atoms with Gasteiger partial charge in [-0.15, -0.1) is 0 Å². The van der Waals surface area contributed by atoms with Gasteiger partial charge in [0, 0.05) is 13.2 Å². The first kappa shape index (κ1) is 27.6. The van der Waals surface area contributed by atoms with Crippen molar-refractivity contribution in [1.29, 1.82) is 0 Å². The molecule has 0 spiro atoms. The van der Waals surface area contributed by atoms with Gasteiger partial charge in [0.05, 0.1) is 18.0 Å². The SMILES string of the molecule is CCC=C1OC(NC2=NC(c3ccccc3C)C(C(=O)NC3C=CC=CC3(C)OC)C(C)N2)=NC1(C)CC. The molecule has 0 fully saturated rings. The Morgan fingerprint density at radius 1 is 1.24 bits per heavy atom. The minimum atomic E-state index is -0.627. The summed E-state index contributed by atoms with van der Waals surface area (Å²) in [4.78, 5) is 23.7. The number of hydrogen-bond donors (Lipinski definition) is 3. The van der Waals surface area contributed by atoms with Gasteiger partial charge in [0.25, 0.3) is 6.02 Å². The van der Waals surface area contributed by atoms with E-state index in [1.165, 1.54) is 0 Å². The number of aliphatic imine (C=N–C) groups is 2. The molecule has 0 bridgehead atoms. The summed E-state index contributed by atoms with van der Waals surface area (Å²) in [5.41, 5.74) is 1.05. The third kappa shape index (κ3) is 5.41. The average Bonchev–Trinajstić information content (AvgIpc) is 3.20. The molecule has 3 N–H and O–H groups in total. The van der Waals surface area contributed by atoms with Crippen LogP contribution in [-0.2, 0) is 14.3 Å². The predicted octanol–water partition coefficient (Wildman–Crippen LogP) is 4.45. The van der Waals surface area contributed by atoms with E-state index in [0.29, 0.717) is 12.0 Å². The molecule has 1 amide bonds. The minimum Gasteiger partial charge on any atom is -0.428 e. The number of ether oxygens (including phenoxy) is 2. The van der Waals surface area contributed by atoms with Crippen LogP contribution in [-0.4, -0.2) is 48.2 Å². The number of amides is 1. The van der Waals surface area contributed by atoms with Crippen LogP contribution in [0.2, 0.25) is 0 Å². The second kappa shape index (κ2) is 11.2. The quantitative estimate of drug-likeness (QED) is 0.516. The number of nitrogens with one attached hydrogen (secondary N) is 3. The zero-order valence-electron chi connectivity index (χ0n) is 23.5. The number of nitrogens with zero attached hydrogens (tertiary/aromatic N) is 2. The lowest BCUT2D eigenvalue weighted by molar-refractivity contribution is -0.128. The van der Waals surface area contributed by atoms with Gasteiger partial charge in [0.1, 0.15) is 16.9 Å². The van der Waals surface area contributed by atoms with Gasteiger partial charge in [0.2, 0.25) is 5.91 Å². The lowest BCUT2D eigenvalue weighted by atomic mass is 9.83. The first-order valence-corrected chi connectivity index (χ1v) is 13.5. The van der Waals surface area contributed by atoms with Gasteiger partial charge in [0.15, 0.2) is 5.96 Å². The second-order valence-corrected chi connectivity index (χ2v) is 10.6. The number of benzene rings is 1. The molecule has 2 heterocycles. The minimum absolute atomic E-state index is 0.0875. The van der Waals surface area contributed by atoms with Crippen molar-refractivity contribution in [1.82, 2.24) is 16.0 Å². The van der Waals surface area contributed by atoms with Crippen LogP contribution in [0.5, 0.6) is 0 Å². The third-order valence-corrected chi connectivity index (χ3v) is 7.91. The smallest absolute Gasteiger partial charge is 0.297 e. The number of carbonyl (C=O) groups is 1. The van der Waals surface area contributed by atoms with Gasteiger partial charge in [-0.05, 0) is 57.7 Å². The molecule has 0 saturated carbocycles. The summed E-state index contributed by atoms with van der Waals surface area (Å²) < 4.78 is 11.8. The molecular weight excluding hydrogens is 478 g/mol. The maximum Gasteiger partial charge on any atom is 0.297 e. The van der Waals surface area contributed by atoms with Crippen LogP contribution >= 0.6 is 0 Å². The fraction of sp³-hybridized carbons (Fsp3) is 0.500. The molecule has 204 valence electrons. The maximum atomic E-state index is 13.9. The molecule has 38 heavy (non-hydrogen) atoms. The monoisotopic (exact) mass is 519 g/mol. The first-order chi connectivity index (χ1) is 18.1. The number of guanidine groups is 1. The summed E-state index contributed by atoms with van der Waals surface area (Å²) in [6.07, 6.45) is 11.5. The molecule has 4 rings (SSSR count). The Morgan fingerprint density at radius 2 is 2.00 bits per heavy atom. The molecule has 1 aromatic rings. The lowest BCUT2D eigenvalue weighted by Gasteiger charge is -2.39. The zero-order valence-corrected chi connectivity index (χ0v) is 23.5. The van der Waals surface area contributed by atoms with Crippen molar-refractivity contribution in [2.75, 3.05) is 7.11 Å². The predicted molar refractivity (Wildman–Crippen MR) is 152 cm³/mol. The molecule has 3 aliphatic rings. The molecule has 0 aromatic heterocycles. The Morgan fingerprint density at radius 3 is 2.68 bits per heavy atom. The van der Waals surface area contributed by atoms with Crippen LogP contribution in [0.1, 0.15) is 64.6 Å². The molecule has 0 radical (unpaired) electrons. The summed E-state index contributed by atoms with van der Waals surface area (Å²) in [5, 5.41) is 9.87. The maximum absolute atomic E-state index is 13.9. The number of methoxy groups -OCH3 is 1. The van der Waals surface area contributed by atoms with Gasteiger partial charge in [-0.1, -0.05) is 62.4 Å². The summed E-state index contributed by atoms with van der Waals surface area (Å²) >= 11 is 0. The molecule has 1 aromatic carbocycles. The van der Waals surface area contributed by atoms with E-state index in [1.54, 1.807) is 7.11 Å². The molecule has 8 nitrogen and oxygen atoms in total. The van der Waals surface area contributed by atoms with E-state index >= 15 is 0 Å². The van der Waals surface area contributed by atoms with Gasteiger partial charge in [-0.3, -0.25) is 10.1 Å². The van der Waals surface area contributed by atoms with Crippen LogP contribution in [0.4, 0.5) is 0 Å². The highest BCUT2D eigenvalue weighted by Gasteiger charge is 2.43. The number of carbonyl (C=O) groups excluding carboxylic acids is 1. The van der Waals surface area contributed by atoms with E-state index in [0.717, 1.165) is 29.7 Å². The molecule has 6 unspecified atom stereocenters. The zero-order chi connectivity index (χ0) is 27.5. The summed E-state index contributed by atoms with van der Waals surface area (Å²) in [6, 6.07) is 7.57. The van der Waals surface area contributed by atoms with Crippen LogP contribution in [0, 0.1) is 12.8 Å². The van der Waals surface area contributed by atoms with Crippen molar-refractivity contribution in [3.63, 3.8) is 0 Å². The summed E-state index contributed by atoms with van der Waals surface area (Å²) in [5.74, 6) is 0.838. The largest absolute Gasteiger partial charge is 0.428 e. The topological polar surface area (TPSA) is 96.3 Å². The molecule has 6 atom stereocenters. The third-order valence-electron chi connectivity index (χ3n) is 7.91. The van der Waals surface area contributed by atoms with Gasteiger partial charge in [-0.2, -0.15) is 0 Å². The average molecular weight is 520 g/mol. The first-order valence-electron chi connectivity index (χ1n) is 13.5. The normalized spacial score (nSPS) is 33.3. The number of amidine groups is 1. The van der Waals surface area contributed by atoms with E-state index in [9.17, 15) is 4.79 Å². The van der Waals surface area contributed by atoms with Crippen molar-refractivity contribution in [3.05, 3.63) is 71.5 Å². The molecule has 8 heteroatoms. The van der Waals surface area contributed by atoms with Crippen LogP contribution < -0.4 is 16.0 Å². The van der Waals surface area contributed by atoms with Crippen molar-refractivity contribution in [2.24, 2.45) is 15.9 Å². The highest BCUT2D eigenvalue weighted by atomic mass is 16.5. The van der Waals surface area contributed by atoms with Crippen LogP contribution in [0.15, 0.2) is 70.4 Å². The molecule has 2 aliphatic heterocycles.